The fraction of sp³-hybridized carbons (Fsp3) is 0.615. The number of anilines is 1. The molecule has 6 heteroatoms. The summed E-state index contributed by atoms with van der Waals surface area (Å²) in [6, 6.07) is 3.74. The van der Waals surface area contributed by atoms with Crippen LogP contribution in [0.15, 0.2) is 18.3 Å². The molecule has 104 valence electrons. The van der Waals surface area contributed by atoms with Gasteiger partial charge in [0, 0.05) is 24.8 Å². The van der Waals surface area contributed by atoms with Crippen molar-refractivity contribution in [1.82, 2.24) is 15.1 Å². The van der Waals surface area contributed by atoms with Crippen LogP contribution in [0.25, 0.3) is 0 Å². The monoisotopic (exact) mass is 264 g/mol. The van der Waals surface area contributed by atoms with Crippen LogP contribution in [0.2, 0.25) is 0 Å². The lowest BCUT2D eigenvalue weighted by molar-refractivity contribution is 0.0763. The topological polar surface area (TPSA) is 69.6 Å². The number of aromatic nitrogens is 2. The molecule has 1 N–H and O–H groups in total. The van der Waals surface area contributed by atoms with Gasteiger partial charge in [-0.05, 0) is 39.3 Å². The summed E-state index contributed by atoms with van der Waals surface area (Å²) in [5.74, 6) is 0.809. The highest BCUT2D eigenvalue weighted by Gasteiger charge is 2.37. The number of carboxylic acid groups (broad SMARTS) is 1. The van der Waals surface area contributed by atoms with E-state index < -0.39 is 11.6 Å². The molecule has 0 saturated carbocycles. The van der Waals surface area contributed by atoms with Gasteiger partial charge in [0.25, 0.3) is 0 Å². The lowest BCUT2D eigenvalue weighted by Gasteiger charge is -2.37. The van der Waals surface area contributed by atoms with E-state index in [0.29, 0.717) is 6.54 Å². The minimum Gasteiger partial charge on any atom is -0.465 e. The van der Waals surface area contributed by atoms with Gasteiger partial charge in [0.1, 0.15) is 0 Å². The third-order valence-corrected chi connectivity index (χ3v) is 3.34. The van der Waals surface area contributed by atoms with E-state index in [1.165, 1.54) is 0 Å². The van der Waals surface area contributed by atoms with Gasteiger partial charge in [-0.1, -0.05) is 0 Å². The maximum absolute atomic E-state index is 11.5. The van der Waals surface area contributed by atoms with Crippen molar-refractivity contribution in [3.05, 3.63) is 18.3 Å². The quantitative estimate of drug-likeness (QED) is 0.882. The van der Waals surface area contributed by atoms with Gasteiger partial charge < -0.3 is 10.0 Å². The van der Waals surface area contributed by atoms with E-state index in [4.69, 9.17) is 0 Å². The molecule has 1 aliphatic heterocycles. The van der Waals surface area contributed by atoms with Crippen LogP contribution in [-0.4, -0.2) is 51.0 Å². The van der Waals surface area contributed by atoms with E-state index in [1.54, 1.807) is 11.1 Å². The standard InChI is InChI=1S/C13H20N4O2/c1-13(2,3)17(12(18)19)10-6-8-16(9-10)11-5-4-7-14-15-11/h4-5,7,10H,6,8-9H2,1-3H3,(H,18,19)/t10-/m0/s1. The van der Waals surface area contributed by atoms with E-state index in [2.05, 4.69) is 15.1 Å². The largest absolute Gasteiger partial charge is 0.465 e. The van der Waals surface area contributed by atoms with Crippen molar-refractivity contribution in [2.45, 2.75) is 38.8 Å². The molecular weight excluding hydrogens is 244 g/mol. The third-order valence-electron chi connectivity index (χ3n) is 3.34. The van der Waals surface area contributed by atoms with E-state index in [-0.39, 0.29) is 6.04 Å². The van der Waals surface area contributed by atoms with E-state index in [9.17, 15) is 9.90 Å². The first-order valence-corrected chi connectivity index (χ1v) is 6.44. The van der Waals surface area contributed by atoms with Gasteiger partial charge in [-0.2, -0.15) is 5.10 Å². The van der Waals surface area contributed by atoms with Crippen LogP contribution in [0.5, 0.6) is 0 Å². The maximum Gasteiger partial charge on any atom is 0.408 e. The maximum atomic E-state index is 11.5. The predicted molar refractivity (Wildman–Crippen MR) is 72.3 cm³/mol. The zero-order valence-corrected chi connectivity index (χ0v) is 11.6. The fourth-order valence-corrected chi connectivity index (χ4v) is 2.61. The SMILES string of the molecule is CC(C)(C)N(C(=O)O)[C@H]1CCN(c2cccnn2)C1. The van der Waals surface area contributed by atoms with Crippen LogP contribution >= 0.6 is 0 Å². The number of carbonyl (C=O) groups is 1. The summed E-state index contributed by atoms with van der Waals surface area (Å²) in [7, 11) is 0. The number of nitrogens with zero attached hydrogens (tertiary/aromatic N) is 4. The Labute approximate surface area is 113 Å². The smallest absolute Gasteiger partial charge is 0.408 e. The predicted octanol–water partition coefficient (Wildman–Crippen LogP) is 1.83. The Morgan fingerprint density at radius 2 is 2.26 bits per heavy atom. The Kier molecular flexibility index (Phi) is 3.59. The van der Waals surface area contributed by atoms with Crippen LogP contribution in [0, 0.1) is 0 Å². The van der Waals surface area contributed by atoms with Crippen molar-refractivity contribution in [3.63, 3.8) is 0 Å². The Balaban J connectivity index is 2.11. The van der Waals surface area contributed by atoms with Gasteiger partial charge in [-0.15, -0.1) is 5.10 Å². The number of amides is 1. The molecule has 1 aromatic heterocycles. The zero-order valence-electron chi connectivity index (χ0n) is 11.6. The molecule has 6 nitrogen and oxygen atoms in total. The molecule has 0 spiro atoms. The summed E-state index contributed by atoms with van der Waals surface area (Å²) in [5, 5.41) is 17.3. The summed E-state index contributed by atoms with van der Waals surface area (Å²) >= 11 is 0. The molecule has 19 heavy (non-hydrogen) atoms. The Bertz CT molecular complexity index is 444. The second-order valence-corrected chi connectivity index (χ2v) is 5.79. The average molecular weight is 264 g/mol. The summed E-state index contributed by atoms with van der Waals surface area (Å²) in [6.07, 6.45) is 1.59. The normalized spacial score (nSPS) is 19.5. The molecule has 1 fully saturated rings. The van der Waals surface area contributed by atoms with Gasteiger partial charge in [-0.3, -0.25) is 4.90 Å². The summed E-state index contributed by atoms with van der Waals surface area (Å²) in [4.78, 5) is 15.1. The van der Waals surface area contributed by atoms with Crippen molar-refractivity contribution in [2.75, 3.05) is 18.0 Å². The lowest BCUT2D eigenvalue weighted by Crippen LogP contribution is -2.52. The molecule has 2 rings (SSSR count). The van der Waals surface area contributed by atoms with Crippen molar-refractivity contribution < 1.29 is 9.90 Å². The first-order chi connectivity index (χ1) is 8.89. The number of rotatable bonds is 2. The van der Waals surface area contributed by atoms with Gasteiger partial charge in [-0.25, -0.2) is 4.79 Å². The Hall–Kier alpha value is -1.85. The molecule has 1 amide bonds. The molecule has 1 aromatic rings. The minimum absolute atomic E-state index is 0.000457. The highest BCUT2D eigenvalue weighted by molar-refractivity contribution is 5.67. The van der Waals surface area contributed by atoms with Gasteiger partial charge in [0.2, 0.25) is 0 Å². The summed E-state index contributed by atoms with van der Waals surface area (Å²) in [5.41, 5.74) is -0.394. The van der Waals surface area contributed by atoms with Gasteiger partial charge >= 0.3 is 6.09 Å². The average Bonchev–Trinajstić information content (AvgIpc) is 2.77. The van der Waals surface area contributed by atoms with Crippen molar-refractivity contribution in [2.24, 2.45) is 0 Å². The Morgan fingerprint density at radius 3 is 2.79 bits per heavy atom. The Morgan fingerprint density at radius 1 is 1.53 bits per heavy atom. The van der Waals surface area contributed by atoms with Crippen molar-refractivity contribution >= 4 is 11.9 Å². The molecule has 2 heterocycles. The van der Waals surface area contributed by atoms with Crippen LogP contribution in [0.1, 0.15) is 27.2 Å². The second kappa shape index (κ2) is 5.03. The molecular formula is C13H20N4O2. The highest BCUT2D eigenvalue weighted by Crippen LogP contribution is 2.26. The van der Waals surface area contributed by atoms with Crippen LogP contribution in [0.3, 0.4) is 0 Å². The third kappa shape index (κ3) is 2.94. The molecule has 0 aromatic carbocycles. The van der Waals surface area contributed by atoms with Gasteiger partial charge in [0.15, 0.2) is 5.82 Å². The van der Waals surface area contributed by atoms with Crippen molar-refractivity contribution in [3.8, 4) is 0 Å². The fourth-order valence-electron chi connectivity index (χ4n) is 2.61. The molecule has 0 aliphatic carbocycles. The highest BCUT2D eigenvalue weighted by atomic mass is 16.4. The van der Waals surface area contributed by atoms with E-state index in [0.717, 1.165) is 18.8 Å². The summed E-state index contributed by atoms with van der Waals surface area (Å²) < 4.78 is 0. The molecule has 0 radical (unpaired) electrons. The molecule has 0 bridgehead atoms. The van der Waals surface area contributed by atoms with Crippen LogP contribution in [0.4, 0.5) is 10.6 Å². The molecule has 1 saturated heterocycles. The number of hydrogen-bond acceptors (Lipinski definition) is 4. The molecule has 1 atom stereocenters. The zero-order chi connectivity index (χ0) is 14.0. The second-order valence-electron chi connectivity index (χ2n) is 5.79. The van der Waals surface area contributed by atoms with Crippen molar-refractivity contribution in [1.29, 1.82) is 0 Å². The van der Waals surface area contributed by atoms with Crippen LogP contribution < -0.4 is 4.90 Å². The molecule has 1 aliphatic rings. The summed E-state index contributed by atoms with van der Waals surface area (Å²) in [6.45, 7) is 7.25. The van der Waals surface area contributed by atoms with E-state index >= 15 is 0 Å². The van der Waals surface area contributed by atoms with Gasteiger partial charge in [0.05, 0.1) is 6.04 Å². The number of hydrogen-bond donors (Lipinski definition) is 1. The molecule has 0 unspecified atom stereocenters. The van der Waals surface area contributed by atoms with Crippen LogP contribution in [-0.2, 0) is 0 Å². The minimum atomic E-state index is -0.863. The van der Waals surface area contributed by atoms with E-state index in [1.807, 2.05) is 32.9 Å². The first kappa shape index (κ1) is 13.6. The lowest BCUT2D eigenvalue weighted by atomic mass is 10.0. The first-order valence-electron chi connectivity index (χ1n) is 6.44.